The van der Waals surface area contributed by atoms with Crippen LogP contribution in [-0.4, -0.2) is 43.3 Å². The van der Waals surface area contributed by atoms with Gasteiger partial charge in [-0.2, -0.15) is 0 Å². The van der Waals surface area contributed by atoms with E-state index in [9.17, 15) is 4.79 Å². The summed E-state index contributed by atoms with van der Waals surface area (Å²) in [7, 11) is 0. The zero-order chi connectivity index (χ0) is 16.9. The van der Waals surface area contributed by atoms with E-state index < -0.39 is 0 Å². The number of aromatic nitrogens is 4. The normalized spacial score (nSPS) is 13.9. The van der Waals surface area contributed by atoms with E-state index in [1.54, 1.807) is 0 Å². The molecule has 1 aromatic heterocycles. The zero-order valence-corrected chi connectivity index (χ0v) is 15.0. The van der Waals surface area contributed by atoms with E-state index in [1.807, 2.05) is 9.58 Å². The highest BCUT2D eigenvalue weighted by molar-refractivity contribution is 7.99. The molecule has 24 heavy (non-hydrogen) atoms. The van der Waals surface area contributed by atoms with Gasteiger partial charge in [0.15, 0.2) is 0 Å². The van der Waals surface area contributed by atoms with Crippen LogP contribution in [0.25, 0.3) is 0 Å². The van der Waals surface area contributed by atoms with E-state index in [-0.39, 0.29) is 5.91 Å². The van der Waals surface area contributed by atoms with Crippen molar-refractivity contribution in [2.24, 2.45) is 0 Å². The quantitative estimate of drug-likeness (QED) is 0.688. The van der Waals surface area contributed by atoms with Crippen LogP contribution in [-0.2, 0) is 11.3 Å². The third-order valence-electron chi connectivity index (χ3n) is 4.02. The highest BCUT2D eigenvalue weighted by Gasteiger charge is 2.28. The Labute approximate surface area is 146 Å². The molecule has 1 aliphatic carbocycles. The van der Waals surface area contributed by atoms with Crippen LogP contribution < -0.4 is 0 Å². The van der Waals surface area contributed by atoms with Crippen molar-refractivity contribution < 1.29 is 4.79 Å². The maximum Gasteiger partial charge on any atom is 0.233 e. The first-order chi connectivity index (χ1) is 11.7. The van der Waals surface area contributed by atoms with Crippen LogP contribution >= 0.6 is 11.8 Å². The summed E-state index contributed by atoms with van der Waals surface area (Å²) in [5.74, 6) is 0.506. The van der Waals surface area contributed by atoms with Gasteiger partial charge in [-0.05, 0) is 42.2 Å². The van der Waals surface area contributed by atoms with Crippen molar-refractivity contribution in [2.45, 2.75) is 50.9 Å². The van der Waals surface area contributed by atoms with Gasteiger partial charge in [0.05, 0.1) is 11.8 Å². The van der Waals surface area contributed by atoms with E-state index in [4.69, 9.17) is 0 Å². The van der Waals surface area contributed by atoms with Crippen LogP contribution in [0.15, 0.2) is 29.4 Å². The number of hydrogen-bond acceptors (Lipinski definition) is 5. The van der Waals surface area contributed by atoms with Crippen molar-refractivity contribution in [3.8, 4) is 0 Å². The molecule has 1 amide bonds. The highest BCUT2D eigenvalue weighted by atomic mass is 32.2. The lowest BCUT2D eigenvalue weighted by molar-refractivity contribution is -0.129. The van der Waals surface area contributed by atoms with Gasteiger partial charge in [-0.3, -0.25) is 4.79 Å². The second-order valence-electron chi connectivity index (χ2n) is 6.23. The van der Waals surface area contributed by atoms with Crippen LogP contribution in [0.2, 0.25) is 0 Å². The Morgan fingerprint density at radius 3 is 2.75 bits per heavy atom. The third-order valence-corrected chi connectivity index (χ3v) is 4.94. The minimum absolute atomic E-state index is 0.132. The molecule has 6 nitrogen and oxygen atoms in total. The van der Waals surface area contributed by atoms with Crippen molar-refractivity contribution in [1.82, 2.24) is 25.1 Å². The minimum Gasteiger partial charge on any atom is -0.338 e. The molecule has 0 saturated heterocycles. The summed E-state index contributed by atoms with van der Waals surface area (Å²) in [4.78, 5) is 14.5. The van der Waals surface area contributed by atoms with Gasteiger partial charge in [0.2, 0.25) is 11.1 Å². The number of amides is 1. The van der Waals surface area contributed by atoms with Crippen LogP contribution in [0, 0.1) is 6.92 Å². The number of benzene rings is 1. The number of carbonyl (C=O) groups excluding carboxylic acids is 1. The maximum absolute atomic E-state index is 12.6. The number of tetrazole rings is 1. The van der Waals surface area contributed by atoms with Gasteiger partial charge in [-0.25, -0.2) is 4.68 Å². The third kappa shape index (κ3) is 4.35. The van der Waals surface area contributed by atoms with Crippen LogP contribution in [0.4, 0.5) is 0 Å². The number of carbonyl (C=O) groups is 1. The Morgan fingerprint density at radius 1 is 1.33 bits per heavy atom. The molecular formula is C17H23N5OS. The Hall–Kier alpha value is -1.89. The lowest BCUT2D eigenvalue weighted by atomic mass is 10.1. The first-order valence-corrected chi connectivity index (χ1v) is 9.40. The van der Waals surface area contributed by atoms with Crippen LogP contribution in [0.1, 0.15) is 43.4 Å². The monoisotopic (exact) mass is 345 g/mol. The standard InChI is InChI=1S/C17H23N5OS/c1-3-10-21(11-14-6-4-13(2)5-7-14)16(23)12-24-17-18-19-20-22(17)15-8-9-15/h4-7,15H,3,8-12H2,1-2H3. The number of aryl methyl sites for hydroxylation is 1. The summed E-state index contributed by atoms with van der Waals surface area (Å²) in [6, 6.07) is 8.78. The molecule has 1 saturated carbocycles. The molecule has 1 aromatic carbocycles. The number of nitrogens with zero attached hydrogens (tertiary/aromatic N) is 5. The molecule has 3 rings (SSSR count). The Kier molecular flexibility index (Phi) is 5.50. The summed E-state index contributed by atoms with van der Waals surface area (Å²) in [5, 5.41) is 12.5. The molecule has 0 unspecified atom stereocenters. The largest absolute Gasteiger partial charge is 0.338 e. The number of rotatable bonds is 8. The second-order valence-corrected chi connectivity index (χ2v) is 7.17. The van der Waals surface area contributed by atoms with Gasteiger partial charge in [0.25, 0.3) is 0 Å². The van der Waals surface area contributed by atoms with E-state index in [2.05, 4.69) is 53.6 Å². The van der Waals surface area contributed by atoms with Crippen molar-refractivity contribution in [2.75, 3.05) is 12.3 Å². The van der Waals surface area contributed by atoms with Gasteiger partial charge >= 0.3 is 0 Å². The van der Waals surface area contributed by atoms with Crippen LogP contribution in [0.3, 0.4) is 0 Å². The molecule has 2 aromatic rings. The molecule has 7 heteroatoms. The lowest BCUT2D eigenvalue weighted by Gasteiger charge is -2.22. The van der Waals surface area contributed by atoms with Gasteiger partial charge in [0, 0.05) is 13.1 Å². The Balaban J connectivity index is 1.59. The van der Waals surface area contributed by atoms with E-state index in [0.29, 0.717) is 18.3 Å². The fourth-order valence-electron chi connectivity index (χ4n) is 2.52. The summed E-state index contributed by atoms with van der Waals surface area (Å²) in [5.41, 5.74) is 2.39. The smallest absolute Gasteiger partial charge is 0.233 e. The van der Waals surface area contributed by atoms with Crippen molar-refractivity contribution in [1.29, 1.82) is 0 Å². The van der Waals surface area contributed by atoms with Crippen LogP contribution in [0.5, 0.6) is 0 Å². The number of hydrogen-bond donors (Lipinski definition) is 0. The van der Waals surface area contributed by atoms with Gasteiger partial charge < -0.3 is 4.90 Å². The highest BCUT2D eigenvalue weighted by Crippen LogP contribution is 2.36. The average Bonchev–Trinajstić information content (AvgIpc) is 3.32. The molecule has 0 radical (unpaired) electrons. The summed E-state index contributed by atoms with van der Waals surface area (Å²) < 4.78 is 1.85. The summed E-state index contributed by atoms with van der Waals surface area (Å²) >= 11 is 1.43. The fraction of sp³-hybridized carbons (Fsp3) is 0.529. The predicted molar refractivity (Wildman–Crippen MR) is 93.7 cm³/mol. The van der Waals surface area contributed by atoms with Crippen molar-refractivity contribution in [3.63, 3.8) is 0 Å². The molecule has 0 aliphatic heterocycles. The number of thioether (sulfide) groups is 1. The summed E-state index contributed by atoms with van der Waals surface area (Å²) in [6.07, 6.45) is 3.20. The first-order valence-electron chi connectivity index (χ1n) is 8.41. The minimum atomic E-state index is 0.132. The van der Waals surface area contributed by atoms with Crippen molar-refractivity contribution in [3.05, 3.63) is 35.4 Å². The van der Waals surface area contributed by atoms with E-state index >= 15 is 0 Å². The van der Waals surface area contributed by atoms with E-state index in [0.717, 1.165) is 36.5 Å². The SMILES string of the molecule is CCCN(Cc1ccc(C)cc1)C(=O)CSc1nnnn1C1CC1. The molecule has 0 bridgehead atoms. The predicted octanol–water partition coefficient (Wildman–Crippen LogP) is 2.85. The second kappa shape index (κ2) is 7.79. The topological polar surface area (TPSA) is 63.9 Å². The molecule has 1 fully saturated rings. The van der Waals surface area contributed by atoms with Gasteiger partial charge in [-0.15, -0.1) is 5.10 Å². The Bertz CT molecular complexity index is 681. The first kappa shape index (κ1) is 17.0. The van der Waals surface area contributed by atoms with Gasteiger partial charge in [0.1, 0.15) is 0 Å². The van der Waals surface area contributed by atoms with Crippen molar-refractivity contribution >= 4 is 17.7 Å². The van der Waals surface area contributed by atoms with Gasteiger partial charge in [-0.1, -0.05) is 48.5 Å². The molecule has 0 N–H and O–H groups in total. The lowest BCUT2D eigenvalue weighted by Crippen LogP contribution is -2.32. The zero-order valence-electron chi connectivity index (χ0n) is 14.2. The molecule has 0 atom stereocenters. The average molecular weight is 345 g/mol. The van der Waals surface area contributed by atoms with E-state index in [1.165, 1.54) is 17.3 Å². The molecule has 128 valence electrons. The molecule has 1 aliphatic rings. The fourth-order valence-corrected chi connectivity index (χ4v) is 3.37. The summed E-state index contributed by atoms with van der Waals surface area (Å²) in [6.45, 7) is 5.58. The maximum atomic E-state index is 12.6. The molecule has 1 heterocycles. The molecule has 0 spiro atoms. The Morgan fingerprint density at radius 2 is 2.08 bits per heavy atom. The molecular weight excluding hydrogens is 322 g/mol.